The number of benzene rings is 1. The van der Waals surface area contributed by atoms with E-state index in [1.165, 1.54) is 5.19 Å². The second-order valence-corrected chi connectivity index (χ2v) is 11.6. The maximum Gasteiger partial charge on any atom is 0.409 e. The lowest BCUT2D eigenvalue weighted by Crippen LogP contribution is -2.48. The predicted molar refractivity (Wildman–Crippen MR) is 109 cm³/mol. The van der Waals surface area contributed by atoms with E-state index < -0.39 is 8.07 Å². The molecule has 0 N–H and O–H groups in total. The Kier molecular flexibility index (Phi) is 7.23. The molecule has 1 fully saturated rings. The molecule has 1 saturated heterocycles. The fourth-order valence-electron chi connectivity index (χ4n) is 3.19. The molecule has 4 nitrogen and oxygen atoms in total. The SMILES string of the molecule is C=CCOC1(/C=C/[Si](C)(C)c2ccccc2)CCN(C(=O)OCC)CC1. The molecule has 2 rings (SSSR count). The third-order valence-corrected chi connectivity index (χ3v) is 7.77. The first-order valence-electron chi connectivity index (χ1n) is 9.35. The molecule has 0 spiro atoms. The molecule has 0 saturated carbocycles. The Balaban J connectivity index is 2.12. The summed E-state index contributed by atoms with van der Waals surface area (Å²) in [4.78, 5) is 13.7. The second-order valence-electron chi connectivity index (χ2n) is 7.27. The summed E-state index contributed by atoms with van der Waals surface area (Å²) in [5.74, 6) is 0. The minimum atomic E-state index is -1.69. The molecule has 0 aliphatic carbocycles. The largest absolute Gasteiger partial charge is 0.450 e. The van der Waals surface area contributed by atoms with Crippen LogP contribution in [0.1, 0.15) is 19.8 Å². The highest BCUT2D eigenvalue weighted by atomic mass is 28.3. The van der Waals surface area contributed by atoms with Crippen molar-refractivity contribution < 1.29 is 14.3 Å². The van der Waals surface area contributed by atoms with Gasteiger partial charge in [-0.25, -0.2) is 4.79 Å². The third-order valence-electron chi connectivity index (χ3n) is 4.95. The number of carbonyl (C=O) groups is 1. The van der Waals surface area contributed by atoms with Crippen LogP contribution in [0.25, 0.3) is 0 Å². The van der Waals surface area contributed by atoms with Crippen LogP contribution in [0.15, 0.2) is 54.8 Å². The van der Waals surface area contributed by atoms with Gasteiger partial charge in [-0.05, 0) is 19.8 Å². The Hall–Kier alpha value is -1.85. The van der Waals surface area contributed by atoms with Crippen LogP contribution in [0.4, 0.5) is 4.79 Å². The van der Waals surface area contributed by atoms with Crippen molar-refractivity contribution in [1.29, 1.82) is 0 Å². The predicted octanol–water partition coefficient (Wildman–Crippen LogP) is 3.89. The third kappa shape index (κ3) is 5.32. The summed E-state index contributed by atoms with van der Waals surface area (Å²) in [6, 6.07) is 10.7. The van der Waals surface area contributed by atoms with Gasteiger partial charge in [-0.2, -0.15) is 0 Å². The van der Waals surface area contributed by atoms with E-state index in [2.05, 4.69) is 61.8 Å². The van der Waals surface area contributed by atoms with Crippen LogP contribution in [0.3, 0.4) is 0 Å². The van der Waals surface area contributed by atoms with Crippen molar-refractivity contribution >= 4 is 19.4 Å². The normalized spacial score (nSPS) is 17.3. The number of piperidine rings is 1. The Morgan fingerprint density at radius 2 is 1.92 bits per heavy atom. The maximum atomic E-state index is 12.0. The molecule has 26 heavy (non-hydrogen) atoms. The van der Waals surface area contributed by atoms with Crippen LogP contribution >= 0.6 is 0 Å². The molecule has 142 valence electrons. The standard InChI is InChI=1S/C21H31NO3Si/c1-5-17-25-21(12-15-22(16-13-21)20(23)24-6-2)14-18-26(3,4)19-10-8-7-9-11-19/h5,7-11,14,18H,1,6,12-13,15-17H2,2-4H3/b18-14+. The smallest absolute Gasteiger partial charge is 0.409 e. The highest BCUT2D eigenvalue weighted by Crippen LogP contribution is 2.29. The number of rotatable bonds is 7. The van der Waals surface area contributed by atoms with Gasteiger partial charge in [0, 0.05) is 13.1 Å². The van der Waals surface area contributed by atoms with E-state index >= 15 is 0 Å². The first-order chi connectivity index (χ1) is 12.4. The summed E-state index contributed by atoms with van der Waals surface area (Å²) in [6.45, 7) is 12.5. The number of nitrogens with zero attached hydrogens (tertiary/aromatic N) is 1. The van der Waals surface area contributed by atoms with Crippen molar-refractivity contribution in [2.24, 2.45) is 0 Å². The van der Waals surface area contributed by atoms with Crippen molar-refractivity contribution in [3.63, 3.8) is 0 Å². The molecule has 0 aromatic heterocycles. The quantitative estimate of drug-likeness (QED) is 0.538. The molecule has 0 bridgehead atoms. The van der Waals surface area contributed by atoms with Crippen LogP contribution in [-0.2, 0) is 9.47 Å². The van der Waals surface area contributed by atoms with Crippen LogP contribution in [0.2, 0.25) is 13.1 Å². The van der Waals surface area contributed by atoms with Crippen LogP contribution in [-0.4, -0.2) is 51.0 Å². The minimum absolute atomic E-state index is 0.229. The molecule has 1 heterocycles. The Morgan fingerprint density at radius 3 is 2.50 bits per heavy atom. The van der Waals surface area contributed by atoms with Crippen molar-refractivity contribution in [3.8, 4) is 0 Å². The molecule has 1 aliphatic heterocycles. The average Bonchev–Trinajstić information content (AvgIpc) is 2.66. The van der Waals surface area contributed by atoms with Gasteiger partial charge in [-0.15, -0.1) is 6.58 Å². The van der Waals surface area contributed by atoms with E-state index in [-0.39, 0.29) is 11.7 Å². The number of amides is 1. The topological polar surface area (TPSA) is 38.8 Å². The van der Waals surface area contributed by atoms with E-state index in [0.29, 0.717) is 26.3 Å². The molecule has 1 aromatic carbocycles. The van der Waals surface area contributed by atoms with E-state index in [4.69, 9.17) is 9.47 Å². The lowest BCUT2D eigenvalue weighted by Gasteiger charge is -2.39. The molecular formula is C21H31NO3Si. The van der Waals surface area contributed by atoms with Gasteiger partial charge in [0.25, 0.3) is 0 Å². The van der Waals surface area contributed by atoms with E-state index in [1.54, 1.807) is 11.0 Å². The highest BCUT2D eigenvalue weighted by Gasteiger charge is 2.36. The average molecular weight is 374 g/mol. The van der Waals surface area contributed by atoms with Crippen molar-refractivity contribution in [2.75, 3.05) is 26.3 Å². The Morgan fingerprint density at radius 1 is 1.27 bits per heavy atom. The maximum absolute atomic E-state index is 12.0. The molecule has 1 aromatic rings. The van der Waals surface area contributed by atoms with Crippen molar-refractivity contribution in [2.45, 2.75) is 38.5 Å². The van der Waals surface area contributed by atoms with Gasteiger partial charge < -0.3 is 14.4 Å². The molecule has 0 radical (unpaired) electrons. The number of carbonyl (C=O) groups excluding carboxylic acids is 1. The fourth-order valence-corrected chi connectivity index (χ4v) is 5.16. The zero-order chi connectivity index (χ0) is 19.0. The van der Waals surface area contributed by atoms with E-state index in [0.717, 1.165) is 12.8 Å². The molecule has 1 amide bonds. The van der Waals surface area contributed by atoms with Gasteiger partial charge in [-0.1, -0.05) is 66.5 Å². The number of ether oxygens (including phenoxy) is 2. The number of likely N-dealkylation sites (tertiary alicyclic amines) is 1. The monoisotopic (exact) mass is 373 g/mol. The summed E-state index contributed by atoms with van der Waals surface area (Å²) in [5.41, 5.74) is 2.03. The molecule has 5 heteroatoms. The van der Waals surface area contributed by atoms with Crippen molar-refractivity contribution in [3.05, 3.63) is 54.8 Å². The van der Waals surface area contributed by atoms with Crippen molar-refractivity contribution in [1.82, 2.24) is 4.90 Å². The Bertz CT molecular complexity index is 619. The zero-order valence-corrected chi connectivity index (χ0v) is 17.2. The molecule has 1 aliphatic rings. The summed E-state index contributed by atoms with van der Waals surface area (Å²) in [7, 11) is -1.69. The molecule has 0 unspecified atom stereocenters. The molecule has 0 atom stereocenters. The van der Waals surface area contributed by atoms with E-state index in [9.17, 15) is 4.79 Å². The van der Waals surface area contributed by atoms with Gasteiger partial charge in [0.1, 0.15) is 8.07 Å². The minimum Gasteiger partial charge on any atom is -0.450 e. The lowest BCUT2D eigenvalue weighted by molar-refractivity contribution is -0.0355. The van der Waals surface area contributed by atoms with Gasteiger partial charge in [0.15, 0.2) is 0 Å². The highest BCUT2D eigenvalue weighted by molar-refractivity contribution is 6.93. The number of hydrogen-bond acceptors (Lipinski definition) is 3. The summed E-state index contributed by atoms with van der Waals surface area (Å²) in [5, 5.41) is 1.40. The first-order valence-corrected chi connectivity index (χ1v) is 12.4. The van der Waals surface area contributed by atoms with Gasteiger partial charge in [-0.3, -0.25) is 0 Å². The zero-order valence-electron chi connectivity index (χ0n) is 16.2. The van der Waals surface area contributed by atoms with Gasteiger partial charge >= 0.3 is 6.09 Å². The Labute approximate surface area is 158 Å². The fraction of sp³-hybridized carbons (Fsp3) is 0.476. The van der Waals surface area contributed by atoms with Crippen LogP contribution < -0.4 is 5.19 Å². The van der Waals surface area contributed by atoms with Gasteiger partial charge in [0.2, 0.25) is 0 Å². The van der Waals surface area contributed by atoms with E-state index in [1.807, 2.05) is 6.92 Å². The summed E-state index contributed by atoms with van der Waals surface area (Å²) in [6.07, 6.45) is 5.35. The molecular weight excluding hydrogens is 342 g/mol. The number of hydrogen-bond donors (Lipinski definition) is 0. The second kappa shape index (κ2) is 9.19. The van der Waals surface area contributed by atoms with Gasteiger partial charge in [0.05, 0.1) is 18.8 Å². The van der Waals surface area contributed by atoms with Crippen LogP contribution in [0, 0.1) is 0 Å². The lowest BCUT2D eigenvalue weighted by atomic mass is 9.91. The summed E-state index contributed by atoms with van der Waals surface area (Å²) < 4.78 is 11.3. The van der Waals surface area contributed by atoms with Crippen LogP contribution in [0.5, 0.6) is 0 Å². The summed E-state index contributed by atoms with van der Waals surface area (Å²) >= 11 is 0. The first kappa shape index (κ1) is 20.5.